The molecule has 0 saturated carbocycles. The van der Waals surface area contributed by atoms with Crippen LogP contribution in [0.3, 0.4) is 0 Å². The van der Waals surface area contributed by atoms with E-state index in [1.165, 1.54) is 11.1 Å². The van der Waals surface area contributed by atoms with E-state index in [1.54, 1.807) is 12.3 Å². The van der Waals surface area contributed by atoms with Crippen LogP contribution in [0.1, 0.15) is 31.9 Å². The lowest BCUT2D eigenvalue weighted by atomic mass is 10.1. The molecule has 6 heteroatoms. The fraction of sp³-hybridized carbons (Fsp3) is 0.368. The van der Waals surface area contributed by atoms with E-state index in [-0.39, 0.29) is 0 Å². The average Bonchev–Trinajstić information content (AvgIpc) is 2.88. The summed E-state index contributed by atoms with van der Waals surface area (Å²) in [6.07, 6.45) is 3.10. The molecule has 3 rings (SSSR count). The molecule has 1 aromatic carbocycles. The lowest BCUT2D eigenvalue weighted by Crippen LogP contribution is -2.27. The Hall–Kier alpha value is -2.27. The molecule has 0 saturated heterocycles. The monoisotopic (exact) mass is 359 g/mol. The largest absolute Gasteiger partial charge is 0.444 e. The summed E-state index contributed by atoms with van der Waals surface area (Å²) in [4.78, 5) is 16.0. The maximum Gasteiger partial charge on any atom is 0.413 e. The third-order valence-corrected chi connectivity index (χ3v) is 4.10. The number of aromatic nitrogens is 1. The van der Waals surface area contributed by atoms with Crippen molar-refractivity contribution in [2.75, 3.05) is 10.6 Å². The van der Waals surface area contributed by atoms with Crippen molar-refractivity contribution < 1.29 is 9.53 Å². The molecule has 5 nitrogen and oxygen atoms in total. The molecule has 0 aliphatic heterocycles. The van der Waals surface area contributed by atoms with Crippen molar-refractivity contribution >= 4 is 29.2 Å². The van der Waals surface area contributed by atoms with Gasteiger partial charge in [0.25, 0.3) is 0 Å². The number of benzene rings is 1. The molecule has 25 heavy (non-hydrogen) atoms. The van der Waals surface area contributed by atoms with Crippen molar-refractivity contribution in [1.82, 2.24) is 4.98 Å². The summed E-state index contributed by atoms with van der Waals surface area (Å²) in [6.45, 7) is 5.46. The van der Waals surface area contributed by atoms with E-state index in [0.29, 0.717) is 11.9 Å². The van der Waals surface area contributed by atoms with E-state index in [4.69, 9.17) is 16.3 Å². The first kappa shape index (κ1) is 17.5. The van der Waals surface area contributed by atoms with Crippen LogP contribution in [0.5, 0.6) is 0 Å². The molecule has 2 N–H and O–H groups in total. The van der Waals surface area contributed by atoms with Crippen molar-refractivity contribution in [1.29, 1.82) is 0 Å². The molecular weight excluding hydrogens is 338 g/mol. The Labute approximate surface area is 152 Å². The van der Waals surface area contributed by atoms with Crippen molar-refractivity contribution in [3.63, 3.8) is 0 Å². The van der Waals surface area contributed by atoms with Crippen LogP contribution in [0.2, 0.25) is 5.02 Å². The van der Waals surface area contributed by atoms with Gasteiger partial charge < -0.3 is 10.1 Å². The van der Waals surface area contributed by atoms with Crippen molar-refractivity contribution in [2.24, 2.45) is 0 Å². The van der Waals surface area contributed by atoms with Gasteiger partial charge in [0.15, 0.2) is 0 Å². The minimum Gasteiger partial charge on any atom is -0.444 e. The summed E-state index contributed by atoms with van der Waals surface area (Å²) in [6, 6.07) is 10.0. The standard InChI is InChI=1S/C19H22ClN3O2/c1-19(2,3)25-18(24)23-17-7-6-15(11-21-17)22-16-9-12-4-5-14(20)8-13(12)10-16/h4-8,11,16,22H,9-10H2,1-3H3,(H,21,23,24). The van der Waals surface area contributed by atoms with Gasteiger partial charge >= 0.3 is 6.09 Å². The Balaban J connectivity index is 1.56. The Morgan fingerprint density at radius 1 is 1.20 bits per heavy atom. The SMILES string of the molecule is CC(C)(C)OC(=O)Nc1ccc(NC2Cc3ccc(Cl)cc3C2)cn1. The predicted molar refractivity (Wildman–Crippen MR) is 100 cm³/mol. The molecule has 1 aliphatic rings. The van der Waals surface area contributed by atoms with Gasteiger partial charge in [0.05, 0.1) is 11.9 Å². The molecule has 1 aliphatic carbocycles. The molecule has 1 aromatic heterocycles. The fourth-order valence-electron chi connectivity index (χ4n) is 2.89. The van der Waals surface area contributed by atoms with Crippen LogP contribution in [0.15, 0.2) is 36.5 Å². The number of carbonyl (C=O) groups is 1. The van der Waals surface area contributed by atoms with Gasteiger partial charge in [-0.05, 0) is 69.0 Å². The summed E-state index contributed by atoms with van der Waals surface area (Å²) in [7, 11) is 0. The van der Waals surface area contributed by atoms with Crippen LogP contribution >= 0.6 is 11.6 Å². The zero-order valence-electron chi connectivity index (χ0n) is 14.6. The number of hydrogen-bond donors (Lipinski definition) is 2. The summed E-state index contributed by atoms with van der Waals surface area (Å²) in [5, 5.41) is 6.88. The topological polar surface area (TPSA) is 63.2 Å². The number of fused-ring (bicyclic) bond motifs is 1. The molecule has 0 bridgehead atoms. The van der Waals surface area contributed by atoms with E-state index in [0.717, 1.165) is 23.6 Å². The minimum absolute atomic E-state index is 0.319. The molecule has 1 heterocycles. The fourth-order valence-corrected chi connectivity index (χ4v) is 3.08. The first-order valence-corrected chi connectivity index (χ1v) is 8.66. The molecule has 0 spiro atoms. The third kappa shape index (κ3) is 4.86. The number of rotatable bonds is 3. The lowest BCUT2D eigenvalue weighted by molar-refractivity contribution is 0.0635. The van der Waals surface area contributed by atoms with Gasteiger partial charge in [-0.2, -0.15) is 0 Å². The summed E-state index contributed by atoms with van der Waals surface area (Å²) >= 11 is 6.06. The van der Waals surface area contributed by atoms with Crippen LogP contribution in [0.25, 0.3) is 0 Å². The Morgan fingerprint density at radius 3 is 2.64 bits per heavy atom. The van der Waals surface area contributed by atoms with Crippen LogP contribution in [-0.2, 0) is 17.6 Å². The van der Waals surface area contributed by atoms with E-state index in [1.807, 2.05) is 39.0 Å². The summed E-state index contributed by atoms with van der Waals surface area (Å²) in [5.74, 6) is 0.460. The van der Waals surface area contributed by atoms with Crippen molar-refractivity contribution in [2.45, 2.75) is 45.3 Å². The van der Waals surface area contributed by atoms with Gasteiger partial charge in [0.2, 0.25) is 0 Å². The minimum atomic E-state index is -0.536. The first-order chi connectivity index (χ1) is 11.8. The van der Waals surface area contributed by atoms with Gasteiger partial charge in [0, 0.05) is 11.1 Å². The molecule has 1 amide bonds. The normalized spacial score (nSPS) is 16.2. The number of carbonyl (C=O) groups excluding carboxylic acids is 1. The van der Waals surface area contributed by atoms with Crippen LogP contribution < -0.4 is 10.6 Å². The first-order valence-electron chi connectivity index (χ1n) is 8.28. The van der Waals surface area contributed by atoms with Gasteiger partial charge in [-0.1, -0.05) is 17.7 Å². The van der Waals surface area contributed by atoms with Crippen LogP contribution in [-0.4, -0.2) is 22.7 Å². The van der Waals surface area contributed by atoms with E-state index in [9.17, 15) is 4.79 Å². The van der Waals surface area contributed by atoms with Gasteiger partial charge in [-0.3, -0.25) is 5.32 Å². The molecule has 0 fully saturated rings. The highest BCUT2D eigenvalue weighted by Crippen LogP contribution is 2.27. The van der Waals surface area contributed by atoms with Crippen molar-refractivity contribution in [3.8, 4) is 0 Å². The van der Waals surface area contributed by atoms with Gasteiger partial charge in [-0.25, -0.2) is 9.78 Å². The number of hydrogen-bond acceptors (Lipinski definition) is 4. The number of halogens is 1. The molecular formula is C19H22ClN3O2. The van der Waals surface area contributed by atoms with Crippen LogP contribution in [0, 0.1) is 0 Å². The third-order valence-electron chi connectivity index (χ3n) is 3.86. The number of ether oxygens (including phenoxy) is 1. The zero-order chi connectivity index (χ0) is 18.0. The molecule has 132 valence electrons. The smallest absolute Gasteiger partial charge is 0.413 e. The molecule has 0 radical (unpaired) electrons. The summed E-state index contributed by atoms with van der Waals surface area (Å²) < 4.78 is 5.21. The molecule has 2 aromatic rings. The van der Waals surface area contributed by atoms with Gasteiger partial charge in [-0.15, -0.1) is 0 Å². The Kier molecular flexibility index (Phi) is 4.86. The van der Waals surface area contributed by atoms with Crippen LogP contribution in [0.4, 0.5) is 16.3 Å². The predicted octanol–water partition coefficient (Wildman–Crippen LogP) is 4.66. The van der Waals surface area contributed by atoms with Crippen molar-refractivity contribution in [3.05, 3.63) is 52.7 Å². The molecule has 1 atom stereocenters. The van der Waals surface area contributed by atoms with E-state index in [2.05, 4.69) is 21.7 Å². The maximum absolute atomic E-state index is 11.7. The number of anilines is 2. The second-order valence-corrected chi connectivity index (χ2v) is 7.66. The summed E-state index contributed by atoms with van der Waals surface area (Å²) in [5.41, 5.74) is 3.00. The Bertz CT molecular complexity index is 769. The average molecular weight is 360 g/mol. The number of amides is 1. The Morgan fingerprint density at radius 2 is 1.96 bits per heavy atom. The number of pyridine rings is 1. The zero-order valence-corrected chi connectivity index (χ0v) is 15.4. The number of nitrogens with one attached hydrogen (secondary N) is 2. The highest BCUT2D eigenvalue weighted by molar-refractivity contribution is 6.30. The second kappa shape index (κ2) is 6.92. The highest BCUT2D eigenvalue weighted by Gasteiger charge is 2.21. The highest BCUT2D eigenvalue weighted by atomic mass is 35.5. The van der Waals surface area contributed by atoms with E-state index < -0.39 is 11.7 Å². The van der Waals surface area contributed by atoms with E-state index >= 15 is 0 Å². The van der Waals surface area contributed by atoms with Gasteiger partial charge in [0.1, 0.15) is 11.4 Å². The lowest BCUT2D eigenvalue weighted by Gasteiger charge is -2.19. The maximum atomic E-state index is 11.7. The molecule has 1 unspecified atom stereocenters. The second-order valence-electron chi connectivity index (χ2n) is 7.22. The number of nitrogens with zero attached hydrogens (tertiary/aromatic N) is 1. The quantitative estimate of drug-likeness (QED) is 0.836.